The van der Waals surface area contributed by atoms with E-state index in [4.69, 9.17) is 20.8 Å². The van der Waals surface area contributed by atoms with Crippen molar-refractivity contribution in [2.45, 2.75) is 6.04 Å². The van der Waals surface area contributed by atoms with Gasteiger partial charge < -0.3 is 14.5 Å². The predicted octanol–water partition coefficient (Wildman–Crippen LogP) is 4.40. The summed E-state index contributed by atoms with van der Waals surface area (Å²) in [5.74, 6) is 1.61. The van der Waals surface area contributed by atoms with Crippen LogP contribution >= 0.6 is 11.6 Å². The van der Waals surface area contributed by atoms with E-state index in [1.54, 1.807) is 7.11 Å². The molecule has 108 valence electrons. The molecule has 1 N–H and O–H groups in total. The van der Waals surface area contributed by atoms with Gasteiger partial charge in [0.15, 0.2) is 0 Å². The van der Waals surface area contributed by atoms with Gasteiger partial charge in [-0.05, 0) is 37.4 Å². The molecule has 0 bridgehead atoms. The summed E-state index contributed by atoms with van der Waals surface area (Å²) < 4.78 is 11.4. The zero-order valence-corrected chi connectivity index (χ0v) is 12.6. The maximum absolute atomic E-state index is 6.13. The first-order valence-corrected chi connectivity index (χ1v) is 7.10. The average molecular weight is 302 g/mol. The molecule has 1 unspecified atom stereocenters. The number of hydrogen-bond acceptors (Lipinski definition) is 3. The first kappa shape index (κ1) is 14.0. The number of benzene rings is 2. The lowest BCUT2D eigenvalue weighted by atomic mass is 10.0. The molecule has 3 rings (SSSR count). The Balaban J connectivity index is 2.11. The van der Waals surface area contributed by atoms with Crippen molar-refractivity contribution in [3.05, 3.63) is 64.9 Å². The van der Waals surface area contributed by atoms with Crippen LogP contribution in [0.3, 0.4) is 0 Å². The maximum Gasteiger partial charge on any atom is 0.134 e. The summed E-state index contributed by atoms with van der Waals surface area (Å²) in [4.78, 5) is 0. The third-order valence-electron chi connectivity index (χ3n) is 3.52. The highest BCUT2D eigenvalue weighted by atomic mass is 35.5. The van der Waals surface area contributed by atoms with E-state index in [1.807, 2.05) is 55.6 Å². The van der Waals surface area contributed by atoms with E-state index in [0.717, 1.165) is 28.0 Å². The second-order valence-corrected chi connectivity index (χ2v) is 5.23. The van der Waals surface area contributed by atoms with Gasteiger partial charge >= 0.3 is 0 Å². The largest absolute Gasteiger partial charge is 0.496 e. The molecule has 3 nitrogen and oxygen atoms in total. The van der Waals surface area contributed by atoms with E-state index in [2.05, 4.69) is 5.32 Å². The van der Waals surface area contributed by atoms with Crippen LogP contribution in [0.2, 0.25) is 5.02 Å². The number of furan rings is 1. The molecule has 1 aromatic heterocycles. The number of ether oxygens (including phenoxy) is 1. The van der Waals surface area contributed by atoms with Crippen LogP contribution in [0.1, 0.15) is 17.4 Å². The Morgan fingerprint density at radius 1 is 1.14 bits per heavy atom. The fourth-order valence-electron chi connectivity index (χ4n) is 2.53. The van der Waals surface area contributed by atoms with E-state index in [-0.39, 0.29) is 6.04 Å². The molecule has 0 fully saturated rings. The van der Waals surface area contributed by atoms with Gasteiger partial charge in [-0.1, -0.05) is 29.8 Å². The SMILES string of the molecule is CNC(c1cc2ccccc2o1)c1cc(Cl)ccc1OC. The number of nitrogens with one attached hydrogen (secondary N) is 1. The summed E-state index contributed by atoms with van der Waals surface area (Å²) in [6.45, 7) is 0. The Kier molecular flexibility index (Phi) is 3.86. The molecular formula is C17H16ClNO2. The molecule has 0 amide bonds. The topological polar surface area (TPSA) is 34.4 Å². The molecule has 0 spiro atoms. The molecular weight excluding hydrogens is 286 g/mol. The molecule has 0 saturated carbocycles. The Morgan fingerprint density at radius 2 is 1.95 bits per heavy atom. The maximum atomic E-state index is 6.13. The van der Waals surface area contributed by atoms with E-state index < -0.39 is 0 Å². The monoisotopic (exact) mass is 301 g/mol. The third kappa shape index (κ3) is 2.62. The van der Waals surface area contributed by atoms with Gasteiger partial charge in [-0.2, -0.15) is 0 Å². The van der Waals surface area contributed by atoms with Crippen molar-refractivity contribution in [1.29, 1.82) is 0 Å². The van der Waals surface area contributed by atoms with Gasteiger partial charge in [-0.25, -0.2) is 0 Å². The zero-order valence-electron chi connectivity index (χ0n) is 11.9. The second-order valence-electron chi connectivity index (χ2n) is 4.79. The highest BCUT2D eigenvalue weighted by molar-refractivity contribution is 6.30. The zero-order chi connectivity index (χ0) is 14.8. The lowest BCUT2D eigenvalue weighted by molar-refractivity contribution is 0.399. The fraction of sp³-hybridized carbons (Fsp3) is 0.176. The third-order valence-corrected chi connectivity index (χ3v) is 3.76. The minimum Gasteiger partial charge on any atom is -0.496 e. The summed E-state index contributed by atoms with van der Waals surface area (Å²) in [7, 11) is 3.54. The molecule has 3 aromatic rings. The van der Waals surface area contributed by atoms with Crippen molar-refractivity contribution in [3.63, 3.8) is 0 Å². The van der Waals surface area contributed by atoms with Gasteiger partial charge in [0.2, 0.25) is 0 Å². The van der Waals surface area contributed by atoms with Crippen molar-refractivity contribution in [2.75, 3.05) is 14.2 Å². The molecule has 0 aliphatic carbocycles. The van der Waals surface area contributed by atoms with E-state index >= 15 is 0 Å². The normalized spacial score (nSPS) is 12.5. The van der Waals surface area contributed by atoms with Crippen LogP contribution < -0.4 is 10.1 Å². The average Bonchev–Trinajstić information content (AvgIpc) is 2.92. The number of rotatable bonds is 4. The fourth-order valence-corrected chi connectivity index (χ4v) is 2.71. The predicted molar refractivity (Wildman–Crippen MR) is 85.1 cm³/mol. The lowest BCUT2D eigenvalue weighted by Gasteiger charge is -2.17. The minimum atomic E-state index is -0.119. The molecule has 21 heavy (non-hydrogen) atoms. The van der Waals surface area contributed by atoms with Gasteiger partial charge in [0.05, 0.1) is 13.2 Å². The van der Waals surface area contributed by atoms with Gasteiger partial charge in [-0.15, -0.1) is 0 Å². The molecule has 0 aliphatic heterocycles. The van der Waals surface area contributed by atoms with Crippen LogP contribution in [-0.4, -0.2) is 14.2 Å². The summed E-state index contributed by atoms with van der Waals surface area (Å²) in [5.41, 5.74) is 1.82. The van der Waals surface area contributed by atoms with Gasteiger partial charge in [-0.3, -0.25) is 0 Å². The minimum absolute atomic E-state index is 0.119. The van der Waals surface area contributed by atoms with Crippen LogP contribution in [0, 0.1) is 0 Å². The lowest BCUT2D eigenvalue weighted by Crippen LogP contribution is -2.17. The number of fused-ring (bicyclic) bond motifs is 1. The second kappa shape index (κ2) is 5.80. The van der Waals surface area contributed by atoms with E-state index in [0.29, 0.717) is 5.02 Å². The number of methoxy groups -OCH3 is 1. The van der Waals surface area contributed by atoms with Crippen LogP contribution in [0.15, 0.2) is 52.9 Å². The Labute approximate surface area is 128 Å². The first-order chi connectivity index (χ1) is 10.2. The Morgan fingerprint density at radius 3 is 2.67 bits per heavy atom. The van der Waals surface area contributed by atoms with Crippen molar-refractivity contribution in [2.24, 2.45) is 0 Å². The first-order valence-electron chi connectivity index (χ1n) is 6.72. The Bertz CT molecular complexity index is 733. The van der Waals surface area contributed by atoms with Gasteiger partial charge in [0, 0.05) is 16.0 Å². The van der Waals surface area contributed by atoms with E-state index in [1.165, 1.54) is 0 Å². The van der Waals surface area contributed by atoms with Crippen molar-refractivity contribution >= 4 is 22.6 Å². The summed E-state index contributed by atoms with van der Waals surface area (Å²) in [6.07, 6.45) is 0. The number of hydrogen-bond donors (Lipinski definition) is 1. The van der Waals surface area contributed by atoms with Crippen LogP contribution in [0.25, 0.3) is 11.0 Å². The van der Waals surface area contributed by atoms with E-state index in [9.17, 15) is 0 Å². The number of para-hydroxylation sites is 1. The van der Waals surface area contributed by atoms with Crippen LogP contribution in [0.4, 0.5) is 0 Å². The Hall–Kier alpha value is -1.97. The molecule has 0 saturated heterocycles. The molecule has 1 heterocycles. The quantitative estimate of drug-likeness (QED) is 0.775. The smallest absolute Gasteiger partial charge is 0.134 e. The summed E-state index contributed by atoms with van der Waals surface area (Å²) >= 11 is 6.13. The highest BCUT2D eigenvalue weighted by Crippen LogP contribution is 2.34. The van der Waals surface area contributed by atoms with Crippen LogP contribution in [0.5, 0.6) is 5.75 Å². The van der Waals surface area contributed by atoms with Gasteiger partial charge in [0.25, 0.3) is 0 Å². The summed E-state index contributed by atoms with van der Waals surface area (Å²) in [6, 6.07) is 15.4. The molecule has 4 heteroatoms. The van der Waals surface area contributed by atoms with Crippen molar-refractivity contribution < 1.29 is 9.15 Å². The summed E-state index contributed by atoms with van der Waals surface area (Å²) in [5, 5.41) is 5.01. The van der Waals surface area contributed by atoms with Crippen molar-refractivity contribution in [1.82, 2.24) is 5.32 Å². The molecule has 0 radical (unpaired) electrons. The number of halogens is 1. The standard InChI is InChI=1S/C17H16ClNO2/c1-19-17(13-10-12(18)7-8-15(13)20-2)16-9-11-5-3-4-6-14(11)21-16/h3-10,17,19H,1-2H3. The van der Waals surface area contributed by atoms with Gasteiger partial charge in [0.1, 0.15) is 17.1 Å². The highest BCUT2D eigenvalue weighted by Gasteiger charge is 2.20. The molecule has 2 aromatic carbocycles. The molecule has 1 atom stereocenters. The van der Waals surface area contributed by atoms with Crippen LogP contribution in [-0.2, 0) is 0 Å². The van der Waals surface area contributed by atoms with Crippen molar-refractivity contribution in [3.8, 4) is 5.75 Å². The molecule has 0 aliphatic rings.